The van der Waals surface area contributed by atoms with Gasteiger partial charge < -0.3 is 10.2 Å². The maximum Gasteiger partial charge on any atom is 0.101 e. The monoisotopic (exact) mass is 188 g/mol. The molecule has 2 aliphatic heterocycles. The van der Waals surface area contributed by atoms with Gasteiger partial charge in [-0.1, -0.05) is 0 Å². The Bertz CT molecular complexity index is 156. The van der Waals surface area contributed by atoms with Gasteiger partial charge in [-0.25, -0.2) is 0 Å². The lowest BCUT2D eigenvalue weighted by Crippen LogP contribution is -2.50. The Hall–Kier alpha value is -0.190. The highest BCUT2D eigenvalue weighted by Crippen LogP contribution is 2.16. The lowest BCUT2D eigenvalue weighted by Gasteiger charge is -2.36. The van der Waals surface area contributed by atoms with Crippen LogP contribution >= 0.6 is 0 Å². The van der Waals surface area contributed by atoms with E-state index in [1.807, 2.05) is 0 Å². The van der Waals surface area contributed by atoms with Gasteiger partial charge in [-0.05, 0) is 23.3 Å². The summed E-state index contributed by atoms with van der Waals surface area (Å²) in [5.74, 6) is 0.822. The molecule has 0 saturated carbocycles. The normalized spacial score (nSPS) is 27.5. The second-order valence-electron chi connectivity index (χ2n) is 4.11. The van der Waals surface area contributed by atoms with Gasteiger partial charge in [0.25, 0.3) is 0 Å². The summed E-state index contributed by atoms with van der Waals surface area (Å²) < 4.78 is 11.8. The molecule has 13 heavy (non-hydrogen) atoms. The van der Waals surface area contributed by atoms with Crippen molar-refractivity contribution in [2.45, 2.75) is 18.9 Å². The Morgan fingerprint density at radius 3 is 2.46 bits per heavy atom. The number of halogens is 1. The van der Waals surface area contributed by atoms with Gasteiger partial charge in [-0.2, -0.15) is 4.94 Å². The fraction of sp³-hybridized carbons (Fsp3) is 1.00. The van der Waals surface area contributed by atoms with Crippen molar-refractivity contribution in [1.29, 1.82) is 0 Å². The van der Waals surface area contributed by atoms with Crippen molar-refractivity contribution in [2.75, 3.05) is 32.7 Å². The summed E-state index contributed by atoms with van der Waals surface area (Å²) in [6, 6.07) is 0. The average molecular weight is 188 g/mol. The fourth-order valence-corrected chi connectivity index (χ4v) is 2.02. The van der Waals surface area contributed by atoms with E-state index < -0.39 is 0 Å². The van der Waals surface area contributed by atoms with E-state index in [0.29, 0.717) is 0 Å². The minimum Gasteiger partial charge on any atom is -0.316 e. The molecule has 2 saturated heterocycles. The number of nitrogens with zero attached hydrogens (tertiary/aromatic N) is 1. The van der Waals surface area contributed by atoms with Crippen molar-refractivity contribution in [3.05, 3.63) is 0 Å². The molecule has 2 rings (SSSR count). The zero-order chi connectivity index (χ0) is 9.10. The third kappa shape index (κ3) is 2.39. The van der Waals surface area contributed by atoms with Gasteiger partial charge in [-0.15, -0.1) is 0 Å². The molecule has 0 aromatic rings. The summed E-state index contributed by atoms with van der Waals surface area (Å²) >= 11 is 0. The molecule has 0 atom stereocenters. The molecule has 3 nitrogen and oxygen atoms in total. The summed E-state index contributed by atoms with van der Waals surface area (Å²) in [6.07, 6.45) is 1.54. The van der Waals surface area contributed by atoms with Crippen LogP contribution in [0.5, 0.6) is 0 Å². The molecule has 0 aromatic heterocycles. The zero-order valence-corrected chi connectivity index (χ0v) is 7.84. The highest BCUT2D eigenvalue weighted by Gasteiger charge is 2.24. The standard InChI is InChI=1S/C9H17FN2O/c10-13-9-1-3-12(4-2-9)7-8-5-11-6-8/h8-9,11H,1-7H2. The van der Waals surface area contributed by atoms with Crippen LogP contribution in [0.2, 0.25) is 0 Å². The minimum atomic E-state index is -0.143. The van der Waals surface area contributed by atoms with Gasteiger partial charge in [0.05, 0.1) is 0 Å². The number of piperidine rings is 1. The van der Waals surface area contributed by atoms with Crippen LogP contribution in [-0.4, -0.2) is 43.7 Å². The summed E-state index contributed by atoms with van der Waals surface area (Å²) in [4.78, 5) is 6.26. The molecule has 0 radical (unpaired) electrons. The first-order valence-corrected chi connectivity index (χ1v) is 5.09. The summed E-state index contributed by atoms with van der Waals surface area (Å²) in [5, 5.41) is 3.26. The largest absolute Gasteiger partial charge is 0.316 e. The van der Waals surface area contributed by atoms with Gasteiger partial charge in [0.15, 0.2) is 0 Å². The highest BCUT2D eigenvalue weighted by atomic mass is 19.3. The van der Waals surface area contributed by atoms with Gasteiger partial charge in [0.2, 0.25) is 0 Å². The van der Waals surface area contributed by atoms with Gasteiger partial charge >= 0.3 is 0 Å². The van der Waals surface area contributed by atoms with Crippen molar-refractivity contribution < 1.29 is 9.47 Å². The number of hydrogen-bond acceptors (Lipinski definition) is 3. The van der Waals surface area contributed by atoms with Crippen LogP contribution in [0.15, 0.2) is 0 Å². The van der Waals surface area contributed by atoms with Crippen molar-refractivity contribution in [1.82, 2.24) is 10.2 Å². The molecule has 2 heterocycles. The first kappa shape index (κ1) is 9.37. The maximum absolute atomic E-state index is 11.8. The molecule has 1 N–H and O–H groups in total. The molecule has 0 spiro atoms. The van der Waals surface area contributed by atoms with Gasteiger partial charge in [0.1, 0.15) is 6.10 Å². The maximum atomic E-state index is 11.8. The molecule has 0 aliphatic carbocycles. The molecule has 0 bridgehead atoms. The predicted octanol–water partition coefficient (Wildman–Crippen LogP) is 0.571. The van der Waals surface area contributed by atoms with E-state index in [0.717, 1.165) is 44.9 Å². The number of rotatable bonds is 3. The Balaban J connectivity index is 1.65. The van der Waals surface area contributed by atoms with Crippen LogP contribution in [0.25, 0.3) is 0 Å². The Morgan fingerprint density at radius 1 is 1.31 bits per heavy atom. The molecule has 2 fully saturated rings. The smallest absolute Gasteiger partial charge is 0.101 e. The summed E-state index contributed by atoms with van der Waals surface area (Å²) in [6.45, 7) is 5.46. The van der Waals surface area contributed by atoms with Crippen LogP contribution in [-0.2, 0) is 4.94 Å². The fourth-order valence-electron chi connectivity index (χ4n) is 2.02. The van der Waals surface area contributed by atoms with E-state index in [2.05, 4.69) is 15.2 Å². The van der Waals surface area contributed by atoms with Crippen molar-refractivity contribution in [3.8, 4) is 0 Å². The van der Waals surface area contributed by atoms with Crippen LogP contribution < -0.4 is 5.32 Å². The Kier molecular flexibility index (Phi) is 3.14. The van der Waals surface area contributed by atoms with Crippen LogP contribution in [0.1, 0.15) is 12.8 Å². The van der Waals surface area contributed by atoms with Crippen LogP contribution in [0.4, 0.5) is 4.53 Å². The molecule has 0 unspecified atom stereocenters. The SMILES string of the molecule is FOC1CCN(CC2CNC2)CC1. The third-order valence-electron chi connectivity index (χ3n) is 3.04. The van der Waals surface area contributed by atoms with Crippen molar-refractivity contribution in [2.24, 2.45) is 5.92 Å². The molecular formula is C9H17FN2O. The van der Waals surface area contributed by atoms with Gasteiger partial charge in [-0.3, -0.25) is 0 Å². The lowest BCUT2D eigenvalue weighted by atomic mass is 10.0. The average Bonchev–Trinajstić information content (AvgIpc) is 2.12. The van der Waals surface area contributed by atoms with E-state index in [4.69, 9.17) is 0 Å². The predicted molar refractivity (Wildman–Crippen MR) is 48.0 cm³/mol. The van der Waals surface area contributed by atoms with Crippen LogP contribution in [0, 0.1) is 5.92 Å². The Labute approximate surface area is 78.1 Å². The molecule has 2 aliphatic rings. The molecule has 0 amide bonds. The molecule has 76 valence electrons. The van der Waals surface area contributed by atoms with E-state index in [1.54, 1.807) is 0 Å². The molecular weight excluding hydrogens is 171 g/mol. The highest BCUT2D eigenvalue weighted by molar-refractivity contribution is 4.80. The topological polar surface area (TPSA) is 24.5 Å². The quantitative estimate of drug-likeness (QED) is 0.701. The minimum absolute atomic E-state index is 0.143. The second kappa shape index (κ2) is 4.35. The molecule has 4 heteroatoms. The van der Waals surface area contributed by atoms with E-state index in [1.165, 1.54) is 6.54 Å². The van der Waals surface area contributed by atoms with E-state index in [9.17, 15) is 4.53 Å². The van der Waals surface area contributed by atoms with Crippen molar-refractivity contribution in [3.63, 3.8) is 0 Å². The first-order valence-electron chi connectivity index (χ1n) is 5.09. The molecule has 0 aromatic carbocycles. The van der Waals surface area contributed by atoms with Crippen LogP contribution in [0.3, 0.4) is 0 Å². The summed E-state index contributed by atoms with van der Waals surface area (Å²) in [5.41, 5.74) is 0. The third-order valence-corrected chi connectivity index (χ3v) is 3.04. The van der Waals surface area contributed by atoms with Crippen molar-refractivity contribution >= 4 is 0 Å². The first-order chi connectivity index (χ1) is 6.38. The lowest BCUT2D eigenvalue weighted by molar-refractivity contribution is -0.191. The van der Waals surface area contributed by atoms with E-state index >= 15 is 0 Å². The van der Waals surface area contributed by atoms with E-state index in [-0.39, 0.29) is 6.10 Å². The Morgan fingerprint density at radius 2 is 2.00 bits per heavy atom. The number of nitrogens with one attached hydrogen (secondary N) is 1. The number of likely N-dealkylation sites (tertiary alicyclic amines) is 1. The summed E-state index contributed by atoms with van der Waals surface area (Å²) in [7, 11) is 0. The zero-order valence-electron chi connectivity index (χ0n) is 7.84. The van der Waals surface area contributed by atoms with Gasteiger partial charge in [0, 0.05) is 32.7 Å². The second-order valence-corrected chi connectivity index (χ2v) is 4.11. The number of hydrogen-bond donors (Lipinski definition) is 1.